The van der Waals surface area contributed by atoms with E-state index in [4.69, 9.17) is 9.88 Å². The Labute approximate surface area is 109 Å². The van der Waals surface area contributed by atoms with Gasteiger partial charge in [-0.05, 0) is 29.5 Å². The van der Waals surface area contributed by atoms with Crippen LogP contribution in [0.1, 0.15) is 39.7 Å². The Kier molecular flexibility index (Phi) is 4.40. The zero-order valence-corrected chi connectivity index (χ0v) is 12.2. The fraction of sp³-hybridized carbons (Fsp3) is 0.538. The highest BCUT2D eigenvalue weighted by Crippen LogP contribution is 2.30. The Balaban J connectivity index is 3.30. The minimum absolute atomic E-state index is 0.0587. The molecule has 1 rings (SSSR count). The second kappa shape index (κ2) is 5.28. The lowest BCUT2D eigenvalue weighted by Crippen LogP contribution is -2.17. The van der Waals surface area contributed by atoms with E-state index in [1.54, 1.807) is 12.1 Å². The molecule has 0 radical (unpaired) electrons. The van der Waals surface area contributed by atoms with E-state index in [1.165, 1.54) is 0 Å². The summed E-state index contributed by atoms with van der Waals surface area (Å²) in [6, 6.07) is 5.15. The molecule has 102 valence electrons. The predicted octanol–water partition coefficient (Wildman–Crippen LogP) is 2.42. The number of rotatable bonds is 4. The molecule has 0 heterocycles. The van der Waals surface area contributed by atoms with Gasteiger partial charge >= 0.3 is 0 Å². The van der Waals surface area contributed by atoms with Crippen LogP contribution in [0.15, 0.2) is 23.1 Å². The summed E-state index contributed by atoms with van der Waals surface area (Å²) < 4.78 is 28.6. The average molecular weight is 271 g/mol. The molecule has 0 amide bonds. The zero-order chi connectivity index (χ0) is 14.0. The lowest BCUT2D eigenvalue weighted by Gasteiger charge is -2.20. The molecule has 0 aromatic heterocycles. The van der Waals surface area contributed by atoms with Crippen LogP contribution in [-0.2, 0) is 15.4 Å². The first-order valence-corrected chi connectivity index (χ1v) is 7.51. The number of nitrogens with two attached hydrogens (primary N) is 1. The van der Waals surface area contributed by atoms with E-state index in [1.807, 2.05) is 33.8 Å². The number of sulfonamides is 1. The Morgan fingerprint density at radius 1 is 1.28 bits per heavy atom. The summed E-state index contributed by atoms with van der Waals surface area (Å²) in [4.78, 5) is 0.0587. The molecular formula is C13H21NO3S. The van der Waals surface area contributed by atoms with E-state index in [0.717, 1.165) is 12.0 Å². The van der Waals surface area contributed by atoms with Crippen LogP contribution in [0.5, 0.6) is 5.75 Å². The minimum Gasteiger partial charge on any atom is -0.492 e. The van der Waals surface area contributed by atoms with Gasteiger partial charge in [0.15, 0.2) is 0 Å². The first-order chi connectivity index (χ1) is 8.16. The number of hydrogen-bond acceptors (Lipinski definition) is 3. The fourth-order valence-electron chi connectivity index (χ4n) is 1.53. The Hall–Kier alpha value is -1.07. The van der Waals surface area contributed by atoms with Gasteiger partial charge < -0.3 is 4.74 Å². The van der Waals surface area contributed by atoms with Crippen LogP contribution in [0, 0.1) is 0 Å². The monoisotopic (exact) mass is 271 g/mol. The molecule has 4 nitrogen and oxygen atoms in total. The zero-order valence-electron chi connectivity index (χ0n) is 11.4. The summed E-state index contributed by atoms with van der Waals surface area (Å²) in [5.74, 6) is 0.326. The highest BCUT2D eigenvalue weighted by molar-refractivity contribution is 7.89. The van der Waals surface area contributed by atoms with Gasteiger partial charge in [0.1, 0.15) is 10.6 Å². The molecule has 0 unspecified atom stereocenters. The molecule has 0 saturated heterocycles. The summed E-state index contributed by atoms with van der Waals surface area (Å²) in [5.41, 5.74) is 0.776. The van der Waals surface area contributed by atoms with E-state index in [2.05, 4.69) is 0 Å². The summed E-state index contributed by atoms with van der Waals surface area (Å²) in [7, 11) is -3.77. The van der Waals surface area contributed by atoms with Gasteiger partial charge in [0.05, 0.1) is 6.61 Å². The van der Waals surface area contributed by atoms with Gasteiger partial charge in [0.2, 0.25) is 10.0 Å². The van der Waals surface area contributed by atoms with Crippen LogP contribution in [0.25, 0.3) is 0 Å². The Bertz CT molecular complexity index is 516. The normalized spacial score (nSPS) is 12.5. The second-order valence-electron chi connectivity index (χ2n) is 5.30. The third-order valence-electron chi connectivity index (χ3n) is 2.58. The minimum atomic E-state index is -3.77. The molecule has 18 heavy (non-hydrogen) atoms. The van der Waals surface area contributed by atoms with Crippen molar-refractivity contribution in [2.75, 3.05) is 6.61 Å². The summed E-state index contributed by atoms with van der Waals surface area (Å²) in [5, 5.41) is 5.23. The van der Waals surface area contributed by atoms with Gasteiger partial charge in [-0.15, -0.1) is 0 Å². The SMILES string of the molecule is CCCOc1ccc(C(C)(C)C)cc1S(N)(=O)=O. The van der Waals surface area contributed by atoms with Crippen molar-refractivity contribution in [2.24, 2.45) is 5.14 Å². The smallest absolute Gasteiger partial charge is 0.241 e. The summed E-state index contributed by atoms with van der Waals surface area (Å²) >= 11 is 0. The Morgan fingerprint density at radius 3 is 2.33 bits per heavy atom. The van der Waals surface area contributed by atoms with Gasteiger partial charge in [0.25, 0.3) is 0 Å². The maximum Gasteiger partial charge on any atom is 0.241 e. The maximum absolute atomic E-state index is 11.6. The summed E-state index contributed by atoms with van der Waals surface area (Å²) in [6.45, 7) is 8.48. The number of hydrogen-bond donors (Lipinski definition) is 1. The quantitative estimate of drug-likeness (QED) is 0.914. The molecule has 0 fully saturated rings. The molecule has 0 aliphatic heterocycles. The molecule has 2 N–H and O–H groups in total. The van der Waals surface area contributed by atoms with Crippen molar-refractivity contribution in [3.8, 4) is 5.75 Å². The van der Waals surface area contributed by atoms with Gasteiger partial charge in [-0.3, -0.25) is 0 Å². The highest BCUT2D eigenvalue weighted by Gasteiger charge is 2.21. The van der Waals surface area contributed by atoms with Crippen molar-refractivity contribution < 1.29 is 13.2 Å². The van der Waals surface area contributed by atoms with Crippen LogP contribution >= 0.6 is 0 Å². The molecular weight excluding hydrogens is 250 g/mol. The predicted molar refractivity (Wildman–Crippen MR) is 72.3 cm³/mol. The van der Waals surface area contributed by atoms with Crippen molar-refractivity contribution >= 4 is 10.0 Å². The van der Waals surface area contributed by atoms with Crippen LogP contribution < -0.4 is 9.88 Å². The van der Waals surface area contributed by atoms with Gasteiger partial charge in [-0.1, -0.05) is 33.8 Å². The Morgan fingerprint density at radius 2 is 1.89 bits per heavy atom. The van der Waals surface area contributed by atoms with Crippen LogP contribution in [0.2, 0.25) is 0 Å². The van der Waals surface area contributed by atoms with Gasteiger partial charge in [-0.25, -0.2) is 13.6 Å². The van der Waals surface area contributed by atoms with Crippen molar-refractivity contribution in [1.82, 2.24) is 0 Å². The number of primary sulfonamides is 1. The first-order valence-electron chi connectivity index (χ1n) is 5.96. The van der Waals surface area contributed by atoms with Gasteiger partial charge in [-0.2, -0.15) is 0 Å². The van der Waals surface area contributed by atoms with E-state index >= 15 is 0 Å². The van der Waals surface area contributed by atoms with Crippen molar-refractivity contribution in [1.29, 1.82) is 0 Å². The molecule has 0 saturated carbocycles. The van der Waals surface area contributed by atoms with Crippen molar-refractivity contribution in [2.45, 2.75) is 44.4 Å². The van der Waals surface area contributed by atoms with Gasteiger partial charge in [0, 0.05) is 0 Å². The third-order valence-corrected chi connectivity index (χ3v) is 3.51. The van der Waals surface area contributed by atoms with Crippen LogP contribution in [0.3, 0.4) is 0 Å². The topological polar surface area (TPSA) is 69.4 Å². The lowest BCUT2D eigenvalue weighted by molar-refractivity contribution is 0.309. The van der Waals surface area contributed by atoms with E-state index < -0.39 is 10.0 Å². The largest absolute Gasteiger partial charge is 0.492 e. The molecule has 0 aliphatic carbocycles. The molecule has 0 atom stereocenters. The second-order valence-corrected chi connectivity index (χ2v) is 6.83. The van der Waals surface area contributed by atoms with Crippen LogP contribution in [0.4, 0.5) is 0 Å². The molecule has 1 aromatic rings. The standard InChI is InChI=1S/C13H21NO3S/c1-5-8-17-11-7-6-10(13(2,3)4)9-12(11)18(14,15)16/h6-7,9H,5,8H2,1-4H3,(H2,14,15,16). The number of ether oxygens (including phenoxy) is 1. The van der Waals surface area contributed by atoms with Crippen molar-refractivity contribution in [3.63, 3.8) is 0 Å². The first kappa shape index (κ1) is 15.0. The lowest BCUT2D eigenvalue weighted by atomic mass is 9.87. The third kappa shape index (κ3) is 3.71. The van der Waals surface area contributed by atoms with E-state index in [9.17, 15) is 8.42 Å². The summed E-state index contributed by atoms with van der Waals surface area (Å²) in [6.07, 6.45) is 0.811. The molecule has 0 bridgehead atoms. The van der Waals surface area contributed by atoms with E-state index in [0.29, 0.717) is 12.4 Å². The fourth-order valence-corrected chi connectivity index (χ4v) is 2.23. The highest BCUT2D eigenvalue weighted by atomic mass is 32.2. The molecule has 1 aromatic carbocycles. The maximum atomic E-state index is 11.6. The average Bonchev–Trinajstić information content (AvgIpc) is 2.23. The van der Waals surface area contributed by atoms with E-state index in [-0.39, 0.29) is 10.3 Å². The molecule has 0 aliphatic rings. The number of benzene rings is 1. The van der Waals surface area contributed by atoms with Crippen molar-refractivity contribution in [3.05, 3.63) is 23.8 Å². The van der Waals surface area contributed by atoms with Crippen LogP contribution in [-0.4, -0.2) is 15.0 Å². The molecule has 0 spiro atoms. The molecule has 5 heteroatoms.